The zero-order chi connectivity index (χ0) is 24.6. The molecule has 1 saturated carbocycles. The summed E-state index contributed by atoms with van der Waals surface area (Å²) >= 11 is 0. The van der Waals surface area contributed by atoms with E-state index >= 15 is 0 Å². The molecule has 3 rings (SSSR count). The van der Waals surface area contributed by atoms with Gasteiger partial charge in [-0.05, 0) is 6.42 Å². The summed E-state index contributed by atoms with van der Waals surface area (Å²) in [6, 6.07) is -3.92. The molecule has 3 aliphatic rings. The van der Waals surface area contributed by atoms with Crippen LogP contribution < -0.4 is 28.7 Å². The number of hydrogen-bond acceptors (Lipinski definition) is 15. The molecule has 1 aliphatic carbocycles. The lowest BCUT2D eigenvalue weighted by molar-refractivity contribution is -0.318. The van der Waals surface area contributed by atoms with Crippen LogP contribution in [0.3, 0.4) is 0 Å². The van der Waals surface area contributed by atoms with E-state index in [0.29, 0.717) is 0 Å². The smallest absolute Gasteiger partial charge is 0.186 e. The maximum absolute atomic E-state index is 11.0. The van der Waals surface area contributed by atoms with Crippen LogP contribution in [0.5, 0.6) is 0 Å². The quantitative estimate of drug-likeness (QED) is 0.167. The maximum atomic E-state index is 11.0. The Bertz CT molecular complexity index is 585. The molecule has 15 nitrogen and oxygen atoms in total. The third-order valence-electron chi connectivity index (χ3n) is 6.56. The highest BCUT2D eigenvalue weighted by molar-refractivity contribution is 5.01. The van der Waals surface area contributed by atoms with Gasteiger partial charge in [-0.15, -0.1) is 0 Å². The molecule has 0 aromatic heterocycles. The van der Waals surface area contributed by atoms with Crippen molar-refractivity contribution in [2.75, 3.05) is 13.2 Å². The summed E-state index contributed by atoms with van der Waals surface area (Å²) in [5.74, 6) is 0. The van der Waals surface area contributed by atoms with Gasteiger partial charge in [-0.25, -0.2) is 0 Å². The second-order valence-electron chi connectivity index (χ2n) is 8.88. The van der Waals surface area contributed by atoms with Crippen molar-refractivity contribution in [3.05, 3.63) is 0 Å². The van der Waals surface area contributed by atoms with Crippen molar-refractivity contribution < 1.29 is 49.6 Å². The summed E-state index contributed by atoms with van der Waals surface area (Å²) in [4.78, 5) is 0. The lowest BCUT2D eigenvalue weighted by Crippen LogP contribution is -2.69. The fourth-order valence-corrected chi connectivity index (χ4v) is 4.45. The Morgan fingerprint density at radius 3 is 1.76 bits per heavy atom. The summed E-state index contributed by atoms with van der Waals surface area (Å²) in [5, 5.41) is 60.9. The van der Waals surface area contributed by atoms with Crippen molar-refractivity contribution in [3.63, 3.8) is 0 Å². The van der Waals surface area contributed by atoms with E-state index in [1.54, 1.807) is 0 Å². The monoisotopic (exact) mass is 483 g/mol. The van der Waals surface area contributed by atoms with Crippen LogP contribution in [0.15, 0.2) is 0 Å². The predicted octanol–water partition coefficient (Wildman–Crippen LogP) is -7.33. The van der Waals surface area contributed by atoms with Gasteiger partial charge in [0.05, 0.1) is 18.7 Å². The lowest BCUT2D eigenvalue weighted by atomic mass is 9.84. The normalized spacial score (nSPS) is 53.7. The average molecular weight is 484 g/mol. The summed E-state index contributed by atoms with van der Waals surface area (Å²) in [7, 11) is 0. The van der Waals surface area contributed by atoms with E-state index in [1.807, 2.05) is 0 Å². The molecule has 33 heavy (non-hydrogen) atoms. The Morgan fingerprint density at radius 2 is 1.21 bits per heavy atom. The number of nitrogens with two attached hydrogens (primary N) is 5. The van der Waals surface area contributed by atoms with E-state index in [1.165, 1.54) is 0 Å². The average Bonchev–Trinajstić information content (AvgIpc) is 2.79. The second kappa shape index (κ2) is 11.0. The predicted molar refractivity (Wildman–Crippen MR) is 110 cm³/mol. The Hall–Kier alpha value is -0.600. The number of ether oxygens (including phenoxy) is 4. The van der Waals surface area contributed by atoms with E-state index in [4.69, 9.17) is 47.6 Å². The number of rotatable bonds is 6. The van der Waals surface area contributed by atoms with Gasteiger partial charge < -0.3 is 78.3 Å². The molecule has 0 aromatic rings. The van der Waals surface area contributed by atoms with Gasteiger partial charge in [-0.1, -0.05) is 0 Å². The highest BCUT2D eigenvalue weighted by Crippen LogP contribution is 2.30. The van der Waals surface area contributed by atoms with Crippen molar-refractivity contribution in [3.8, 4) is 0 Å². The Balaban J connectivity index is 1.72. The molecule has 0 aromatic carbocycles. The van der Waals surface area contributed by atoms with Crippen LogP contribution in [-0.4, -0.2) is 135 Å². The summed E-state index contributed by atoms with van der Waals surface area (Å²) in [5.41, 5.74) is 29.6. The molecule has 194 valence electrons. The molecule has 0 bridgehead atoms. The van der Waals surface area contributed by atoms with E-state index < -0.39 is 98.3 Å². The van der Waals surface area contributed by atoms with E-state index in [0.717, 1.165) is 0 Å². The van der Waals surface area contributed by atoms with Gasteiger partial charge in [-0.2, -0.15) is 0 Å². The highest BCUT2D eigenvalue weighted by Gasteiger charge is 2.51. The van der Waals surface area contributed by atoms with Crippen LogP contribution in [-0.2, 0) is 18.9 Å². The van der Waals surface area contributed by atoms with E-state index in [2.05, 4.69) is 0 Å². The SMILES string of the molecule is NCC1O[C@@H](O[C@@H]2C(O)[C@H](O[C@H]3OC(CO)C(O)C(N)C3O)[C@@H](N)C[C@H]2N)C(N)C(O)C1O. The molecule has 2 heterocycles. The van der Waals surface area contributed by atoms with Gasteiger partial charge in [0, 0.05) is 18.6 Å². The number of hydrogen-bond donors (Lipinski definition) is 11. The molecule has 15 atom stereocenters. The number of aliphatic hydroxyl groups excluding tert-OH is 6. The first kappa shape index (κ1) is 27.0. The number of aliphatic hydroxyl groups is 6. The minimum Gasteiger partial charge on any atom is -0.394 e. The van der Waals surface area contributed by atoms with Gasteiger partial charge in [0.1, 0.15) is 54.9 Å². The Morgan fingerprint density at radius 1 is 0.667 bits per heavy atom. The van der Waals surface area contributed by atoms with Crippen molar-refractivity contribution >= 4 is 0 Å². The zero-order valence-electron chi connectivity index (χ0n) is 18.0. The van der Waals surface area contributed by atoms with Crippen molar-refractivity contribution in [2.24, 2.45) is 28.7 Å². The molecule has 3 fully saturated rings. The van der Waals surface area contributed by atoms with Crippen LogP contribution in [0.25, 0.3) is 0 Å². The second-order valence-corrected chi connectivity index (χ2v) is 8.88. The molecule has 16 N–H and O–H groups in total. The third kappa shape index (κ3) is 5.32. The lowest BCUT2D eigenvalue weighted by Gasteiger charge is -2.48. The van der Waals surface area contributed by atoms with Gasteiger partial charge in [0.15, 0.2) is 12.6 Å². The van der Waals surface area contributed by atoms with Crippen molar-refractivity contribution in [1.82, 2.24) is 0 Å². The minimum atomic E-state index is -1.48. The standard InChI is InChI=1S/C18H37N5O10/c19-2-6-11(26)12(27)9(23)17(30-6)32-15-4(20)1-5(21)16(14(15)29)33-18-13(28)8(22)10(25)7(3-24)31-18/h4-18,24-29H,1-3,19-23H2/t4-,5+,6?,7?,8?,9?,10?,11?,12?,13?,14?,15+,16-,17+,18-/m1/s1. The fourth-order valence-electron chi connectivity index (χ4n) is 4.45. The van der Waals surface area contributed by atoms with Gasteiger partial charge in [0.25, 0.3) is 0 Å². The first-order chi connectivity index (χ1) is 15.5. The van der Waals surface area contributed by atoms with Crippen LogP contribution in [0.2, 0.25) is 0 Å². The van der Waals surface area contributed by atoms with Gasteiger partial charge in [-0.3, -0.25) is 0 Å². The van der Waals surface area contributed by atoms with Crippen LogP contribution in [0.1, 0.15) is 6.42 Å². The molecule has 0 amide bonds. The molecule has 2 aliphatic heterocycles. The minimum absolute atomic E-state index is 0.115. The maximum Gasteiger partial charge on any atom is 0.186 e. The third-order valence-corrected chi connectivity index (χ3v) is 6.56. The Labute approximate surface area is 190 Å². The van der Waals surface area contributed by atoms with Crippen LogP contribution in [0.4, 0.5) is 0 Å². The molecule has 2 saturated heterocycles. The summed E-state index contributed by atoms with van der Waals surface area (Å²) in [6.45, 7) is -0.694. The first-order valence-corrected chi connectivity index (χ1v) is 10.9. The molecular weight excluding hydrogens is 446 g/mol. The topological polar surface area (TPSA) is 288 Å². The molecular formula is C18H37N5O10. The molecule has 15 heteroatoms. The van der Waals surface area contributed by atoms with Gasteiger partial charge >= 0.3 is 0 Å². The largest absolute Gasteiger partial charge is 0.394 e. The summed E-state index contributed by atoms with van der Waals surface area (Å²) in [6.07, 6.45) is -13.9. The summed E-state index contributed by atoms with van der Waals surface area (Å²) < 4.78 is 22.5. The van der Waals surface area contributed by atoms with Crippen molar-refractivity contribution in [1.29, 1.82) is 0 Å². The fraction of sp³-hybridized carbons (Fsp3) is 1.00. The Kier molecular flexibility index (Phi) is 8.99. The molecule has 0 spiro atoms. The van der Waals surface area contributed by atoms with Crippen LogP contribution >= 0.6 is 0 Å². The molecule has 0 radical (unpaired) electrons. The van der Waals surface area contributed by atoms with E-state index in [9.17, 15) is 30.6 Å². The van der Waals surface area contributed by atoms with Crippen molar-refractivity contribution in [2.45, 2.75) is 98.1 Å². The zero-order valence-corrected chi connectivity index (χ0v) is 18.0. The van der Waals surface area contributed by atoms with Crippen LogP contribution in [0, 0.1) is 0 Å². The molecule has 9 unspecified atom stereocenters. The first-order valence-electron chi connectivity index (χ1n) is 10.9. The highest BCUT2D eigenvalue weighted by atomic mass is 16.7. The van der Waals surface area contributed by atoms with Gasteiger partial charge in [0.2, 0.25) is 0 Å². The van der Waals surface area contributed by atoms with E-state index in [-0.39, 0.29) is 13.0 Å².